The summed E-state index contributed by atoms with van der Waals surface area (Å²) < 4.78 is 6.45. The number of aromatic nitrogens is 4. The van der Waals surface area contributed by atoms with Crippen LogP contribution in [0.15, 0.2) is 39.8 Å². The quantitative estimate of drug-likeness (QED) is 0.116. The average molecular weight is 522 g/mol. The van der Waals surface area contributed by atoms with Crippen molar-refractivity contribution in [2.75, 3.05) is 18.6 Å². The highest BCUT2D eigenvalue weighted by Crippen LogP contribution is 2.41. The van der Waals surface area contributed by atoms with E-state index in [1.165, 1.54) is 53.5 Å². The van der Waals surface area contributed by atoms with Crippen LogP contribution in [0.4, 0.5) is 0 Å². The van der Waals surface area contributed by atoms with Crippen molar-refractivity contribution in [1.29, 1.82) is 0 Å². The number of nitrogens with one attached hydrogen (secondary N) is 1. The number of β-lactam (4-membered cyclic amide) rings is 1. The number of carboxylic acid groups (broad SMARTS) is 1. The van der Waals surface area contributed by atoms with Crippen molar-refractivity contribution in [1.82, 2.24) is 30.4 Å². The molecule has 0 bridgehead atoms. The highest BCUT2D eigenvalue weighted by molar-refractivity contribution is 8.01. The summed E-state index contributed by atoms with van der Waals surface area (Å²) >= 11 is 2.55. The number of phenolic OH excluding ortho intramolecular Hbond substituents is 1. The van der Waals surface area contributed by atoms with Gasteiger partial charge in [-0.2, -0.15) is 0 Å². The minimum Gasteiger partial charge on any atom is -0.504 e. The third-order valence-electron chi connectivity index (χ3n) is 5.26. The second-order valence-electron chi connectivity index (χ2n) is 7.33. The number of aryl methyl sites for hydroxylation is 1. The van der Waals surface area contributed by atoms with Crippen molar-refractivity contribution < 1.29 is 34.5 Å². The first-order chi connectivity index (χ1) is 16.8. The van der Waals surface area contributed by atoms with E-state index < -0.39 is 34.9 Å². The number of hydrogen-bond acceptors (Lipinski definition) is 12. The summed E-state index contributed by atoms with van der Waals surface area (Å²) in [7, 11) is 2.98. The molecule has 1 unspecified atom stereocenters. The number of carbonyl (C=O) groups excluding carboxylic acids is 2. The average Bonchev–Trinajstić information content (AvgIpc) is 3.26. The zero-order valence-corrected chi connectivity index (χ0v) is 19.9. The van der Waals surface area contributed by atoms with Crippen LogP contribution in [0.1, 0.15) is 5.56 Å². The van der Waals surface area contributed by atoms with E-state index in [-0.39, 0.29) is 28.5 Å². The molecule has 16 heteroatoms. The molecule has 4 N–H and O–H groups in total. The van der Waals surface area contributed by atoms with Gasteiger partial charge in [0.25, 0.3) is 11.8 Å². The van der Waals surface area contributed by atoms with Gasteiger partial charge >= 0.3 is 5.97 Å². The Balaban J connectivity index is 1.49. The Labute approximate surface area is 206 Å². The lowest BCUT2D eigenvalue weighted by Crippen LogP contribution is -2.71. The van der Waals surface area contributed by atoms with Crippen LogP contribution in [-0.2, 0) is 21.4 Å². The maximum Gasteiger partial charge on any atom is 0.352 e. The van der Waals surface area contributed by atoms with Crippen LogP contribution < -0.4 is 10.1 Å². The molecule has 2 atom stereocenters. The number of fused-ring (bicyclic) bond motifs is 1. The number of hydrogen-bond donors (Lipinski definition) is 4. The largest absolute Gasteiger partial charge is 0.504 e. The lowest BCUT2D eigenvalue weighted by atomic mass is 10.0. The Kier molecular flexibility index (Phi) is 6.83. The molecule has 1 aromatic carbocycles. The molecule has 0 saturated carbocycles. The number of tetrazole rings is 1. The molecule has 2 aliphatic heterocycles. The van der Waals surface area contributed by atoms with Crippen molar-refractivity contribution >= 4 is 47.0 Å². The number of amides is 2. The smallest absolute Gasteiger partial charge is 0.352 e. The molecule has 14 nitrogen and oxygen atoms in total. The minimum atomic E-state index is -1.26. The zero-order valence-electron chi connectivity index (χ0n) is 18.3. The van der Waals surface area contributed by atoms with Crippen LogP contribution in [0.25, 0.3) is 0 Å². The van der Waals surface area contributed by atoms with Crippen LogP contribution >= 0.6 is 23.5 Å². The summed E-state index contributed by atoms with van der Waals surface area (Å²) in [4.78, 5) is 38.8. The van der Waals surface area contributed by atoms with Gasteiger partial charge in [-0.3, -0.25) is 14.5 Å². The second kappa shape index (κ2) is 9.83. The van der Waals surface area contributed by atoms with Gasteiger partial charge in [-0.05, 0) is 34.2 Å². The molecule has 2 amide bonds. The number of benzene rings is 1. The summed E-state index contributed by atoms with van der Waals surface area (Å²) in [6, 6.07) is 2.89. The number of carbonyl (C=O) groups is 3. The molecule has 1 aromatic heterocycles. The van der Waals surface area contributed by atoms with Gasteiger partial charge in [0.1, 0.15) is 17.1 Å². The Morgan fingerprint density at radius 1 is 1.40 bits per heavy atom. The zero-order chi connectivity index (χ0) is 25.3. The lowest BCUT2D eigenvalue weighted by molar-refractivity contribution is -0.150. The van der Waals surface area contributed by atoms with E-state index in [0.717, 1.165) is 4.90 Å². The highest BCUT2D eigenvalue weighted by atomic mass is 32.2. The predicted molar refractivity (Wildman–Crippen MR) is 122 cm³/mol. The number of carboxylic acids is 1. The number of ether oxygens (including phenoxy) is 1. The fraction of sp³-hybridized carbons (Fsp3) is 0.316. The maximum absolute atomic E-state index is 12.9. The van der Waals surface area contributed by atoms with Crippen LogP contribution in [0.5, 0.6) is 11.5 Å². The van der Waals surface area contributed by atoms with Gasteiger partial charge in [-0.1, -0.05) is 16.9 Å². The summed E-state index contributed by atoms with van der Waals surface area (Å²) in [5.74, 6) is -2.24. The molecule has 3 heterocycles. The maximum atomic E-state index is 12.9. The van der Waals surface area contributed by atoms with Gasteiger partial charge in [-0.15, -0.1) is 16.9 Å². The van der Waals surface area contributed by atoms with Gasteiger partial charge in [0.15, 0.2) is 17.2 Å². The number of oxime groups is 1. The van der Waals surface area contributed by atoms with E-state index in [4.69, 9.17) is 4.74 Å². The van der Waals surface area contributed by atoms with Gasteiger partial charge in [0.2, 0.25) is 5.16 Å². The first-order valence-electron chi connectivity index (χ1n) is 9.92. The molecule has 35 heavy (non-hydrogen) atoms. The normalized spacial score (nSPS) is 19.8. The number of rotatable bonds is 8. The number of nitrogens with zero attached hydrogens (tertiary/aromatic N) is 6. The van der Waals surface area contributed by atoms with Crippen LogP contribution in [0, 0.1) is 0 Å². The summed E-state index contributed by atoms with van der Waals surface area (Å²) in [6.07, 6.45) is 0. The van der Waals surface area contributed by atoms with Gasteiger partial charge < -0.3 is 25.5 Å². The van der Waals surface area contributed by atoms with Crippen molar-refractivity contribution in [3.8, 4) is 11.5 Å². The Morgan fingerprint density at radius 3 is 2.80 bits per heavy atom. The summed E-state index contributed by atoms with van der Waals surface area (Å²) in [5.41, 5.74) is 0.131. The van der Waals surface area contributed by atoms with Crippen molar-refractivity contribution in [3.63, 3.8) is 0 Å². The Morgan fingerprint density at radius 2 is 2.17 bits per heavy atom. The molecule has 2 aliphatic rings. The fourth-order valence-electron chi connectivity index (χ4n) is 3.56. The first kappa shape index (κ1) is 24.3. The summed E-state index contributed by atoms with van der Waals surface area (Å²) in [6.45, 7) is 0. The molecule has 4 rings (SSSR count). The van der Waals surface area contributed by atoms with Crippen LogP contribution in [0.2, 0.25) is 0 Å². The fourth-order valence-corrected chi connectivity index (χ4v) is 5.89. The number of aromatic hydroxyl groups is 1. The molecule has 0 aliphatic carbocycles. The lowest BCUT2D eigenvalue weighted by Gasteiger charge is -2.49. The van der Waals surface area contributed by atoms with Gasteiger partial charge in [0.05, 0.1) is 7.11 Å². The molecule has 184 valence electrons. The number of thioether (sulfide) groups is 2. The molecular formula is C19H19N7O7S2. The van der Waals surface area contributed by atoms with E-state index in [0.29, 0.717) is 16.5 Å². The number of methoxy groups -OCH3 is 1. The van der Waals surface area contributed by atoms with Crippen molar-refractivity contribution in [2.24, 2.45) is 12.2 Å². The number of aliphatic carboxylic acids is 1. The topological polar surface area (TPSA) is 192 Å². The second-order valence-corrected chi connectivity index (χ2v) is 9.37. The van der Waals surface area contributed by atoms with Crippen LogP contribution in [-0.4, -0.2) is 94.1 Å². The van der Waals surface area contributed by atoms with Gasteiger partial charge in [-0.25, -0.2) is 9.48 Å². The third kappa shape index (κ3) is 4.49. The molecule has 1 fully saturated rings. The Hall–Kier alpha value is -3.79. The highest BCUT2D eigenvalue weighted by Gasteiger charge is 2.54. The van der Waals surface area contributed by atoms with Crippen molar-refractivity contribution in [3.05, 3.63) is 35.0 Å². The van der Waals surface area contributed by atoms with E-state index in [1.54, 1.807) is 7.05 Å². The standard InChI is InChI=1S/C19H19N7O7S2/c1-25-19(21-23-24-25)35-7-9-6-34-17-13(16(29)26(17)14(9)18(30)31)20-15(28)12(22-32)8-3-4-10(27)11(5-8)33-2/h3-5,13,17,27,32H,6-7H2,1-2H3,(H,20,28)(H,30,31)/b22-12+/t13?,17-/m1/s1. The third-order valence-corrected chi connectivity index (χ3v) is 7.70. The monoisotopic (exact) mass is 521 g/mol. The van der Waals surface area contributed by atoms with E-state index in [1.807, 2.05) is 0 Å². The Bertz CT molecular complexity index is 1260. The molecule has 0 spiro atoms. The predicted octanol–water partition coefficient (Wildman–Crippen LogP) is -0.366. The minimum absolute atomic E-state index is 0.0592. The molecule has 0 radical (unpaired) electrons. The van der Waals surface area contributed by atoms with Crippen LogP contribution in [0.3, 0.4) is 0 Å². The van der Waals surface area contributed by atoms with E-state index in [9.17, 15) is 29.8 Å². The SMILES string of the molecule is COc1cc(/C(=N\O)C(=O)NC2C(=O)N3C(C(=O)O)=C(CSc4nnnn4C)CS[C@H]23)ccc1O. The molecule has 2 aromatic rings. The number of phenols is 1. The van der Waals surface area contributed by atoms with Gasteiger partial charge in [0, 0.05) is 24.1 Å². The first-order valence-corrected chi connectivity index (χ1v) is 12.0. The van der Waals surface area contributed by atoms with E-state index in [2.05, 4.69) is 26.0 Å². The summed E-state index contributed by atoms with van der Waals surface area (Å²) in [5, 5.41) is 45.4. The molecular weight excluding hydrogens is 502 g/mol. The van der Waals surface area contributed by atoms with Crippen molar-refractivity contribution in [2.45, 2.75) is 16.6 Å². The molecule has 1 saturated heterocycles. The van der Waals surface area contributed by atoms with E-state index >= 15 is 0 Å².